The molecule has 220 valence electrons. The van der Waals surface area contributed by atoms with Crippen molar-refractivity contribution in [1.29, 1.82) is 0 Å². The average molecular weight is 643 g/mol. The molecular weight excluding hydrogens is 602 g/mol. The van der Waals surface area contributed by atoms with Gasteiger partial charge in [-0.1, -0.05) is 77.5 Å². The molecule has 41 heavy (non-hydrogen) atoms. The van der Waals surface area contributed by atoms with Gasteiger partial charge in [-0.3, -0.25) is 13.9 Å². The Morgan fingerprint density at radius 1 is 0.951 bits per heavy atom. The topological polar surface area (TPSA) is 86.8 Å². The van der Waals surface area contributed by atoms with E-state index in [9.17, 15) is 18.0 Å². The molecule has 0 fully saturated rings. The van der Waals surface area contributed by atoms with Crippen LogP contribution in [-0.2, 0) is 32.6 Å². The number of hydrogen-bond donors (Lipinski definition) is 1. The predicted octanol–water partition coefficient (Wildman–Crippen LogP) is 5.86. The maximum atomic E-state index is 13.9. The van der Waals surface area contributed by atoms with Crippen LogP contribution < -0.4 is 9.62 Å². The normalized spacial score (nSPS) is 12.8. The van der Waals surface area contributed by atoms with E-state index >= 15 is 0 Å². The van der Waals surface area contributed by atoms with Crippen LogP contribution in [-0.4, -0.2) is 50.0 Å². The van der Waals surface area contributed by atoms with Gasteiger partial charge in [-0.15, -0.1) is 0 Å². The number of halogens is 1. The molecule has 1 N–H and O–H groups in total. The Morgan fingerprint density at radius 3 is 2.24 bits per heavy atom. The molecule has 2 atom stereocenters. The molecule has 9 heteroatoms. The van der Waals surface area contributed by atoms with Crippen molar-refractivity contribution in [2.24, 2.45) is 0 Å². The first-order chi connectivity index (χ1) is 19.5. The molecule has 0 aromatic heterocycles. The molecule has 2 amide bonds. The summed E-state index contributed by atoms with van der Waals surface area (Å²) in [5, 5.41) is 3.07. The summed E-state index contributed by atoms with van der Waals surface area (Å²) in [5.41, 5.74) is 3.37. The van der Waals surface area contributed by atoms with Gasteiger partial charge in [0.25, 0.3) is 0 Å². The van der Waals surface area contributed by atoms with Crippen molar-refractivity contribution in [1.82, 2.24) is 10.2 Å². The number of carbonyl (C=O) groups excluding carboxylic acids is 2. The molecule has 3 rings (SSSR count). The summed E-state index contributed by atoms with van der Waals surface area (Å²) in [6, 6.07) is 23.9. The Kier molecular flexibility index (Phi) is 12.0. The van der Waals surface area contributed by atoms with Crippen LogP contribution in [0.15, 0.2) is 83.3 Å². The molecule has 0 unspecified atom stereocenters. The number of benzene rings is 3. The van der Waals surface area contributed by atoms with E-state index in [1.807, 2.05) is 93.6 Å². The van der Waals surface area contributed by atoms with Crippen molar-refractivity contribution in [3.05, 3.63) is 100 Å². The fraction of sp³-hybridized carbons (Fsp3) is 0.375. The van der Waals surface area contributed by atoms with E-state index in [-0.39, 0.29) is 37.4 Å². The van der Waals surface area contributed by atoms with Crippen molar-refractivity contribution in [3.8, 4) is 0 Å². The Hall–Kier alpha value is -3.17. The number of nitrogens with one attached hydrogen (secondary N) is 1. The second-order valence-electron chi connectivity index (χ2n) is 10.4. The van der Waals surface area contributed by atoms with Gasteiger partial charge in [-0.2, -0.15) is 0 Å². The van der Waals surface area contributed by atoms with Crippen molar-refractivity contribution in [2.45, 2.75) is 65.1 Å². The number of nitrogens with zero attached hydrogens (tertiary/aromatic N) is 2. The van der Waals surface area contributed by atoms with E-state index in [4.69, 9.17) is 0 Å². The van der Waals surface area contributed by atoms with Gasteiger partial charge in [0, 0.05) is 36.4 Å². The fourth-order valence-corrected chi connectivity index (χ4v) is 5.79. The molecular formula is C32H40BrN3O4S. The third-order valence-electron chi connectivity index (χ3n) is 6.98. The molecule has 7 nitrogen and oxygen atoms in total. The average Bonchev–Trinajstić information content (AvgIpc) is 2.93. The number of anilines is 1. The molecule has 0 saturated heterocycles. The third-order valence-corrected chi connectivity index (χ3v) is 8.70. The third kappa shape index (κ3) is 10.0. The zero-order chi connectivity index (χ0) is 30.0. The van der Waals surface area contributed by atoms with Crippen molar-refractivity contribution in [3.63, 3.8) is 0 Å². The van der Waals surface area contributed by atoms with Crippen molar-refractivity contribution in [2.75, 3.05) is 17.1 Å². The zero-order valence-corrected chi connectivity index (χ0v) is 26.6. The minimum absolute atomic E-state index is 0.0388. The molecule has 0 heterocycles. The van der Waals surface area contributed by atoms with Gasteiger partial charge in [0.05, 0.1) is 11.9 Å². The molecule has 0 bridgehead atoms. The Balaban J connectivity index is 1.89. The van der Waals surface area contributed by atoms with Crippen LogP contribution in [0.3, 0.4) is 0 Å². The second-order valence-corrected chi connectivity index (χ2v) is 13.3. The monoisotopic (exact) mass is 641 g/mol. The predicted molar refractivity (Wildman–Crippen MR) is 169 cm³/mol. The summed E-state index contributed by atoms with van der Waals surface area (Å²) in [6.45, 7) is 6.27. The highest BCUT2D eigenvalue weighted by Crippen LogP contribution is 2.22. The summed E-state index contributed by atoms with van der Waals surface area (Å²) in [5.74, 6) is -0.406. The first-order valence-electron chi connectivity index (χ1n) is 13.9. The molecule has 3 aromatic rings. The molecule has 3 aromatic carbocycles. The van der Waals surface area contributed by atoms with Crippen LogP contribution in [0.2, 0.25) is 0 Å². The summed E-state index contributed by atoms with van der Waals surface area (Å²) in [4.78, 5) is 29.2. The lowest BCUT2D eigenvalue weighted by atomic mass is 10.0. The molecule has 0 aliphatic heterocycles. The van der Waals surface area contributed by atoms with E-state index in [0.29, 0.717) is 18.5 Å². The highest BCUT2D eigenvalue weighted by molar-refractivity contribution is 9.10. The van der Waals surface area contributed by atoms with Gasteiger partial charge >= 0.3 is 0 Å². The highest BCUT2D eigenvalue weighted by atomic mass is 79.9. The van der Waals surface area contributed by atoms with Gasteiger partial charge in [0.15, 0.2) is 0 Å². The standard InChI is InChI=1S/C32H40BrN3O4S/c1-5-25(3)34-32(38)30(22-26-12-7-6-8-13-26)35(23-27-16-18-28(33)19-17-27)31(37)15-10-20-36(41(4,39)40)29-14-9-11-24(2)21-29/h6-9,11-14,16-19,21,25,30H,5,10,15,20,22-23H2,1-4H3,(H,34,38)/t25-,30+/m0/s1. The zero-order valence-electron chi connectivity index (χ0n) is 24.2. The van der Waals surface area contributed by atoms with Gasteiger partial charge in [-0.25, -0.2) is 8.42 Å². The number of hydrogen-bond acceptors (Lipinski definition) is 4. The highest BCUT2D eigenvalue weighted by Gasteiger charge is 2.31. The minimum atomic E-state index is -3.55. The van der Waals surface area contributed by atoms with Crippen LogP contribution in [0.1, 0.15) is 49.8 Å². The van der Waals surface area contributed by atoms with E-state index in [0.717, 1.165) is 27.6 Å². The van der Waals surface area contributed by atoms with Crippen LogP contribution in [0, 0.1) is 6.92 Å². The second kappa shape index (κ2) is 15.2. The smallest absolute Gasteiger partial charge is 0.243 e. The summed E-state index contributed by atoms with van der Waals surface area (Å²) in [6.07, 6.45) is 2.71. The van der Waals surface area contributed by atoms with E-state index in [1.54, 1.807) is 11.0 Å². The Morgan fingerprint density at radius 2 is 1.63 bits per heavy atom. The van der Waals surface area contributed by atoms with E-state index in [2.05, 4.69) is 21.2 Å². The quantitative estimate of drug-likeness (QED) is 0.239. The first kappa shape index (κ1) is 32.3. The summed E-state index contributed by atoms with van der Waals surface area (Å²) >= 11 is 3.46. The Bertz CT molecular complexity index is 1400. The largest absolute Gasteiger partial charge is 0.352 e. The van der Waals surface area contributed by atoms with Gasteiger partial charge in [-0.05, 0) is 67.6 Å². The molecule has 0 radical (unpaired) electrons. The summed E-state index contributed by atoms with van der Waals surface area (Å²) < 4.78 is 27.5. The maximum Gasteiger partial charge on any atom is 0.243 e. The van der Waals surface area contributed by atoms with Gasteiger partial charge in [0.2, 0.25) is 21.8 Å². The molecule has 0 saturated carbocycles. The SMILES string of the molecule is CC[C@H](C)NC(=O)[C@@H](Cc1ccccc1)N(Cc1ccc(Br)cc1)C(=O)CCCN(c1cccc(C)c1)S(C)(=O)=O. The number of sulfonamides is 1. The van der Waals surface area contributed by atoms with Crippen LogP contribution in [0.25, 0.3) is 0 Å². The lowest BCUT2D eigenvalue weighted by Crippen LogP contribution is -2.52. The van der Waals surface area contributed by atoms with Crippen LogP contribution >= 0.6 is 15.9 Å². The number of aryl methyl sites for hydroxylation is 1. The number of carbonyl (C=O) groups is 2. The van der Waals surface area contributed by atoms with Crippen molar-refractivity contribution >= 4 is 43.5 Å². The fourth-order valence-electron chi connectivity index (χ4n) is 4.57. The lowest BCUT2D eigenvalue weighted by molar-refractivity contribution is -0.141. The summed E-state index contributed by atoms with van der Waals surface area (Å²) in [7, 11) is -3.55. The number of amides is 2. The van der Waals surface area contributed by atoms with E-state index < -0.39 is 16.1 Å². The minimum Gasteiger partial charge on any atom is -0.352 e. The Labute approximate surface area is 253 Å². The molecule has 0 aliphatic carbocycles. The van der Waals surface area contributed by atoms with Gasteiger partial charge in [0.1, 0.15) is 6.04 Å². The molecule has 0 spiro atoms. The van der Waals surface area contributed by atoms with E-state index in [1.165, 1.54) is 10.6 Å². The number of rotatable bonds is 14. The molecule has 0 aliphatic rings. The van der Waals surface area contributed by atoms with Gasteiger partial charge < -0.3 is 10.2 Å². The first-order valence-corrected chi connectivity index (χ1v) is 16.5. The van der Waals surface area contributed by atoms with Crippen LogP contribution in [0.4, 0.5) is 5.69 Å². The lowest BCUT2D eigenvalue weighted by Gasteiger charge is -2.32. The maximum absolute atomic E-state index is 13.9. The van der Waals surface area contributed by atoms with Crippen molar-refractivity contribution < 1.29 is 18.0 Å². The van der Waals surface area contributed by atoms with Crippen LogP contribution in [0.5, 0.6) is 0 Å².